The summed E-state index contributed by atoms with van der Waals surface area (Å²) in [5.41, 5.74) is 12.4. The summed E-state index contributed by atoms with van der Waals surface area (Å²) in [6.07, 6.45) is 0. The number of hydrogen-bond donors (Lipinski definition) is 0. The summed E-state index contributed by atoms with van der Waals surface area (Å²) in [4.78, 5) is 15.4. The van der Waals surface area contributed by atoms with Crippen LogP contribution in [0.25, 0.3) is 98.8 Å². The molecular formula is C51H33N3S. The van der Waals surface area contributed by atoms with Crippen molar-refractivity contribution < 1.29 is 0 Å². The zero-order chi connectivity index (χ0) is 36.6. The van der Waals surface area contributed by atoms with Gasteiger partial charge in [0.05, 0.1) is 0 Å². The molecular weight excluding hydrogens is 687 g/mol. The molecule has 0 N–H and O–H groups in total. The molecule has 2 aromatic heterocycles. The van der Waals surface area contributed by atoms with Gasteiger partial charge in [-0.2, -0.15) is 0 Å². The van der Waals surface area contributed by atoms with Crippen molar-refractivity contribution in [2.75, 3.05) is 0 Å². The lowest BCUT2D eigenvalue weighted by molar-refractivity contribution is 1.08. The van der Waals surface area contributed by atoms with Crippen LogP contribution in [0.1, 0.15) is 0 Å². The summed E-state index contributed by atoms with van der Waals surface area (Å²) >= 11 is 1.80. The Bertz CT molecular complexity index is 2940. The van der Waals surface area contributed by atoms with Crippen molar-refractivity contribution in [1.82, 2.24) is 15.0 Å². The highest BCUT2D eigenvalue weighted by Gasteiger charge is 2.18. The minimum absolute atomic E-state index is 0.647. The van der Waals surface area contributed by atoms with E-state index >= 15 is 0 Å². The lowest BCUT2D eigenvalue weighted by Gasteiger charge is -2.11. The number of rotatable bonds is 7. The number of thiophene rings is 1. The highest BCUT2D eigenvalue weighted by molar-refractivity contribution is 7.26. The molecule has 258 valence electrons. The van der Waals surface area contributed by atoms with E-state index in [9.17, 15) is 0 Å². The first-order valence-electron chi connectivity index (χ1n) is 18.4. The minimum atomic E-state index is 0.647. The van der Waals surface area contributed by atoms with E-state index in [1.165, 1.54) is 48.2 Å². The summed E-state index contributed by atoms with van der Waals surface area (Å²) in [5.74, 6) is 1.96. The number of aromatic nitrogens is 3. The molecule has 8 aromatic carbocycles. The Hall–Kier alpha value is -7.01. The number of nitrogens with zero attached hydrogens (tertiary/aromatic N) is 3. The second-order valence-electron chi connectivity index (χ2n) is 13.6. The van der Waals surface area contributed by atoms with Gasteiger partial charge in [0.2, 0.25) is 0 Å². The van der Waals surface area contributed by atoms with Gasteiger partial charge in [0.15, 0.2) is 17.5 Å². The predicted octanol–water partition coefficient (Wildman–Crippen LogP) is 13.9. The Morgan fingerprint density at radius 1 is 0.273 bits per heavy atom. The van der Waals surface area contributed by atoms with E-state index < -0.39 is 0 Å². The highest BCUT2D eigenvalue weighted by atomic mass is 32.1. The maximum absolute atomic E-state index is 5.19. The van der Waals surface area contributed by atoms with Crippen LogP contribution in [-0.2, 0) is 0 Å². The van der Waals surface area contributed by atoms with Crippen LogP contribution in [0.15, 0.2) is 200 Å². The summed E-state index contributed by atoms with van der Waals surface area (Å²) < 4.78 is 2.43. The van der Waals surface area contributed by atoms with E-state index in [1.54, 1.807) is 11.3 Å². The second-order valence-corrected chi connectivity index (χ2v) is 14.7. The van der Waals surface area contributed by atoms with Crippen LogP contribution in [0.3, 0.4) is 0 Å². The Kier molecular flexibility index (Phi) is 8.36. The molecule has 0 bridgehead atoms. The van der Waals surface area contributed by atoms with Gasteiger partial charge in [0.1, 0.15) is 0 Å². The van der Waals surface area contributed by atoms with Crippen LogP contribution >= 0.6 is 11.3 Å². The zero-order valence-corrected chi connectivity index (χ0v) is 30.6. The molecule has 0 unspecified atom stereocenters. The fraction of sp³-hybridized carbons (Fsp3) is 0. The van der Waals surface area contributed by atoms with Crippen molar-refractivity contribution in [3.05, 3.63) is 200 Å². The van der Waals surface area contributed by atoms with Gasteiger partial charge < -0.3 is 0 Å². The van der Waals surface area contributed by atoms with Crippen molar-refractivity contribution in [3.8, 4) is 78.7 Å². The molecule has 0 amide bonds. The van der Waals surface area contributed by atoms with Gasteiger partial charge in [-0.3, -0.25) is 0 Å². The highest BCUT2D eigenvalue weighted by Crippen LogP contribution is 2.42. The molecule has 0 saturated heterocycles. The third-order valence-electron chi connectivity index (χ3n) is 10.2. The molecule has 0 fully saturated rings. The first-order valence-corrected chi connectivity index (χ1v) is 19.2. The number of hydrogen-bond acceptors (Lipinski definition) is 4. The minimum Gasteiger partial charge on any atom is -0.208 e. The second kappa shape index (κ2) is 14.1. The van der Waals surface area contributed by atoms with Gasteiger partial charge in [-0.15, -0.1) is 11.3 Å². The van der Waals surface area contributed by atoms with Gasteiger partial charge in [-0.05, 0) is 68.8 Å². The number of benzene rings is 8. The lowest BCUT2D eigenvalue weighted by atomic mass is 9.97. The molecule has 4 heteroatoms. The predicted molar refractivity (Wildman–Crippen MR) is 231 cm³/mol. The van der Waals surface area contributed by atoms with E-state index in [4.69, 9.17) is 15.0 Å². The third kappa shape index (κ3) is 6.39. The van der Waals surface area contributed by atoms with E-state index in [2.05, 4.69) is 176 Å². The third-order valence-corrected chi connectivity index (χ3v) is 11.3. The van der Waals surface area contributed by atoms with E-state index in [0.717, 1.165) is 33.2 Å². The van der Waals surface area contributed by atoms with Crippen LogP contribution in [0.4, 0.5) is 0 Å². The van der Waals surface area contributed by atoms with Crippen LogP contribution in [-0.4, -0.2) is 15.0 Å². The molecule has 10 aromatic rings. The largest absolute Gasteiger partial charge is 0.208 e. The Labute approximate surface area is 323 Å². The van der Waals surface area contributed by atoms with Crippen LogP contribution in [0.2, 0.25) is 0 Å². The molecule has 0 saturated carbocycles. The molecule has 0 atom stereocenters. The summed E-state index contributed by atoms with van der Waals surface area (Å²) in [7, 11) is 0. The normalized spacial score (nSPS) is 11.3. The smallest absolute Gasteiger partial charge is 0.164 e. The van der Waals surface area contributed by atoms with Crippen LogP contribution in [0, 0.1) is 0 Å². The van der Waals surface area contributed by atoms with Crippen molar-refractivity contribution >= 4 is 31.5 Å². The van der Waals surface area contributed by atoms with E-state index in [-0.39, 0.29) is 0 Å². The maximum Gasteiger partial charge on any atom is 0.164 e. The maximum atomic E-state index is 5.19. The monoisotopic (exact) mass is 719 g/mol. The molecule has 55 heavy (non-hydrogen) atoms. The van der Waals surface area contributed by atoms with Crippen LogP contribution in [0.5, 0.6) is 0 Å². The quantitative estimate of drug-likeness (QED) is 0.165. The van der Waals surface area contributed by atoms with Crippen molar-refractivity contribution in [2.45, 2.75) is 0 Å². The molecule has 2 heterocycles. The Morgan fingerprint density at radius 2 is 0.691 bits per heavy atom. The van der Waals surface area contributed by atoms with E-state index in [1.807, 2.05) is 24.3 Å². The first-order chi connectivity index (χ1) is 27.2. The van der Waals surface area contributed by atoms with Crippen LogP contribution < -0.4 is 0 Å². The zero-order valence-electron chi connectivity index (χ0n) is 29.8. The summed E-state index contributed by atoms with van der Waals surface area (Å²) in [6.45, 7) is 0. The first kappa shape index (κ1) is 32.6. The fourth-order valence-corrected chi connectivity index (χ4v) is 8.46. The number of fused-ring (bicyclic) bond motifs is 3. The van der Waals surface area contributed by atoms with E-state index in [0.29, 0.717) is 17.5 Å². The van der Waals surface area contributed by atoms with Gasteiger partial charge in [0, 0.05) is 36.9 Å². The molecule has 0 radical (unpaired) electrons. The standard InChI is InChI=1S/C51H33N3S/c1-4-12-34(13-5-1)36-22-24-37(25-23-36)38-26-28-39(29-27-38)42-30-31-46-45(33-42)48-44(20-11-21-47(48)55-46)51-53-49(40-16-8-3-9-17-40)52-50(54-51)43-19-10-18-41(32-43)35-14-6-2-7-15-35/h1-33H. The molecule has 0 aliphatic heterocycles. The van der Waals surface area contributed by atoms with Crippen molar-refractivity contribution in [1.29, 1.82) is 0 Å². The SMILES string of the molecule is c1ccc(-c2ccc(-c3ccc(-c4ccc5sc6cccc(-c7nc(-c8ccccc8)nc(-c8cccc(-c9ccccc9)c8)n7)c6c5c4)cc3)cc2)cc1. The fourth-order valence-electron chi connectivity index (χ4n) is 7.34. The topological polar surface area (TPSA) is 38.7 Å². The lowest BCUT2D eigenvalue weighted by Crippen LogP contribution is -2.00. The summed E-state index contributed by atoms with van der Waals surface area (Å²) in [5, 5.41) is 2.36. The van der Waals surface area contributed by atoms with Gasteiger partial charge in [0.25, 0.3) is 0 Å². The Balaban J connectivity index is 1.05. The average Bonchev–Trinajstić information content (AvgIpc) is 3.66. The molecule has 0 spiro atoms. The van der Waals surface area contributed by atoms with Crippen molar-refractivity contribution in [3.63, 3.8) is 0 Å². The summed E-state index contributed by atoms with van der Waals surface area (Å²) in [6, 6.07) is 70.5. The average molecular weight is 720 g/mol. The van der Waals surface area contributed by atoms with Gasteiger partial charge in [-0.1, -0.05) is 176 Å². The van der Waals surface area contributed by atoms with Crippen molar-refractivity contribution in [2.24, 2.45) is 0 Å². The van der Waals surface area contributed by atoms with Gasteiger partial charge >= 0.3 is 0 Å². The molecule has 3 nitrogen and oxygen atoms in total. The van der Waals surface area contributed by atoms with Gasteiger partial charge in [-0.25, -0.2) is 15.0 Å². The molecule has 10 rings (SSSR count). The molecule has 0 aliphatic rings. The molecule has 0 aliphatic carbocycles. The Morgan fingerprint density at radius 3 is 1.31 bits per heavy atom.